The largest absolute Gasteiger partial charge is 0.481 e. The lowest BCUT2D eigenvalue weighted by atomic mass is 10.2. The lowest BCUT2D eigenvalue weighted by Gasteiger charge is -2.15. The Morgan fingerprint density at radius 3 is 2.26 bits per heavy atom. The lowest BCUT2D eigenvalue weighted by Crippen LogP contribution is -2.47. The second-order valence-corrected chi connectivity index (χ2v) is 5.89. The summed E-state index contributed by atoms with van der Waals surface area (Å²) in [4.78, 5) is 35.7. The Morgan fingerprint density at radius 2 is 1.63 bits per heavy atom. The Morgan fingerprint density at radius 1 is 0.963 bits per heavy atom. The number of anilines is 1. The molecule has 0 saturated carbocycles. The van der Waals surface area contributed by atoms with Crippen LogP contribution in [0.2, 0.25) is 0 Å². The summed E-state index contributed by atoms with van der Waals surface area (Å²) in [5, 5.41) is 2.74. The molecule has 0 aliphatic carbocycles. The Kier molecular flexibility index (Phi) is 7.37. The third-order valence-electron chi connectivity index (χ3n) is 3.63. The number of para-hydroxylation sites is 1. The third-order valence-corrected chi connectivity index (χ3v) is 3.63. The molecule has 1 atom stereocenters. The minimum Gasteiger partial charge on any atom is -0.481 e. The molecule has 2 aromatic rings. The average molecular weight is 369 g/mol. The van der Waals surface area contributed by atoms with Crippen molar-refractivity contribution in [3.05, 3.63) is 60.2 Å². The van der Waals surface area contributed by atoms with Crippen LogP contribution >= 0.6 is 0 Å². The summed E-state index contributed by atoms with van der Waals surface area (Å²) in [5.74, 6) is -0.459. The quantitative estimate of drug-likeness (QED) is 0.654. The molecule has 0 heterocycles. The fourth-order valence-electron chi connectivity index (χ4n) is 2.20. The Hall–Kier alpha value is -3.35. The van der Waals surface area contributed by atoms with Crippen LogP contribution in [0.25, 0.3) is 0 Å². The fourth-order valence-corrected chi connectivity index (χ4v) is 2.20. The van der Waals surface area contributed by atoms with Crippen LogP contribution in [0.15, 0.2) is 54.6 Å². The van der Waals surface area contributed by atoms with E-state index >= 15 is 0 Å². The first kappa shape index (κ1) is 20.0. The van der Waals surface area contributed by atoms with Crippen molar-refractivity contribution in [3.8, 4) is 5.75 Å². The highest BCUT2D eigenvalue weighted by Gasteiger charge is 2.15. The minimum absolute atomic E-state index is 0.0747. The Labute approximate surface area is 158 Å². The van der Waals surface area contributed by atoms with E-state index in [1.165, 1.54) is 0 Å². The molecule has 0 saturated heterocycles. The van der Waals surface area contributed by atoms with Gasteiger partial charge in [-0.2, -0.15) is 0 Å². The molecule has 27 heavy (non-hydrogen) atoms. The molecule has 0 fully saturated rings. The van der Waals surface area contributed by atoms with Crippen molar-refractivity contribution >= 4 is 23.4 Å². The van der Waals surface area contributed by atoms with Gasteiger partial charge < -0.3 is 10.1 Å². The first-order valence-electron chi connectivity index (χ1n) is 8.71. The van der Waals surface area contributed by atoms with Crippen molar-refractivity contribution in [2.45, 2.75) is 32.8 Å². The van der Waals surface area contributed by atoms with Crippen molar-refractivity contribution < 1.29 is 19.1 Å². The number of hydrogen-bond donors (Lipinski definition) is 3. The van der Waals surface area contributed by atoms with Crippen molar-refractivity contribution in [2.24, 2.45) is 0 Å². The topological polar surface area (TPSA) is 96.5 Å². The van der Waals surface area contributed by atoms with Gasteiger partial charge in [-0.05, 0) is 49.7 Å². The van der Waals surface area contributed by atoms with Gasteiger partial charge in [-0.15, -0.1) is 0 Å². The molecule has 0 spiro atoms. The van der Waals surface area contributed by atoms with Gasteiger partial charge in [0.25, 0.3) is 11.8 Å². The molecule has 0 radical (unpaired) electrons. The molecule has 0 aliphatic heterocycles. The van der Waals surface area contributed by atoms with Gasteiger partial charge in [0, 0.05) is 17.7 Å². The molecular weight excluding hydrogens is 346 g/mol. The van der Waals surface area contributed by atoms with Gasteiger partial charge in [-0.3, -0.25) is 25.2 Å². The van der Waals surface area contributed by atoms with E-state index in [1.54, 1.807) is 55.5 Å². The molecule has 0 aromatic heterocycles. The van der Waals surface area contributed by atoms with E-state index in [-0.39, 0.29) is 5.91 Å². The molecule has 142 valence electrons. The van der Waals surface area contributed by atoms with Gasteiger partial charge in [-0.25, -0.2) is 0 Å². The Bertz CT molecular complexity index is 776. The number of amides is 3. The number of carbonyl (C=O) groups is 3. The molecule has 2 aromatic carbocycles. The number of hydrazine groups is 1. The van der Waals surface area contributed by atoms with Gasteiger partial charge in [0.1, 0.15) is 5.75 Å². The maximum Gasteiger partial charge on any atom is 0.279 e. The van der Waals surface area contributed by atoms with Crippen LogP contribution in [-0.4, -0.2) is 23.8 Å². The monoisotopic (exact) mass is 369 g/mol. The van der Waals surface area contributed by atoms with E-state index in [0.717, 1.165) is 6.42 Å². The highest BCUT2D eigenvalue weighted by molar-refractivity contribution is 5.97. The van der Waals surface area contributed by atoms with Gasteiger partial charge >= 0.3 is 0 Å². The predicted octanol–water partition coefficient (Wildman–Crippen LogP) is 2.65. The van der Waals surface area contributed by atoms with E-state index in [4.69, 9.17) is 4.74 Å². The SMILES string of the molecule is CCCC(=O)Nc1ccc(C(=O)NNC(=O)C(C)Oc2ccccc2)cc1. The molecule has 0 bridgehead atoms. The minimum atomic E-state index is -0.774. The zero-order valence-corrected chi connectivity index (χ0v) is 15.3. The van der Waals surface area contributed by atoms with Gasteiger partial charge in [0.2, 0.25) is 5.91 Å². The normalized spacial score (nSPS) is 11.2. The molecule has 0 aliphatic rings. The highest BCUT2D eigenvalue weighted by Crippen LogP contribution is 2.11. The van der Waals surface area contributed by atoms with Crippen LogP contribution in [0, 0.1) is 0 Å². The smallest absolute Gasteiger partial charge is 0.279 e. The summed E-state index contributed by atoms with van der Waals surface area (Å²) in [5.41, 5.74) is 5.63. The van der Waals surface area contributed by atoms with E-state index in [9.17, 15) is 14.4 Å². The first-order valence-corrected chi connectivity index (χ1v) is 8.71. The van der Waals surface area contributed by atoms with E-state index in [2.05, 4.69) is 16.2 Å². The molecule has 2 rings (SSSR count). The predicted molar refractivity (Wildman–Crippen MR) is 102 cm³/mol. The van der Waals surface area contributed by atoms with Crippen LogP contribution in [0.3, 0.4) is 0 Å². The summed E-state index contributed by atoms with van der Waals surface area (Å²) in [7, 11) is 0. The van der Waals surface area contributed by atoms with Crippen molar-refractivity contribution in [1.82, 2.24) is 10.9 Å². The fraction of sp³-hybridized carbons (Fsp3) is 0.250. The zero-order chi connectivity index (χ0) is 19.6. The standard InChI is InChI=1S/C20H23N3O4/c1-3-7-18(24)21-16-12-10-15(11-13-16)20(26)23-22-19(25)14(2)27-17-8-5-4-6-9-17/h4-6,8-14H,3,7H2,1-2H3,(H,21,24)(H,22,25)(H,23,26). The highest BCUT2D eigenvalue weighted by atomic mass is 16.5. The van der Waals surface area contributed by atoms with Gasteiger partial charge in [-0.1, -0.05) is 25.1 Å². The number of nitrogens with one attached hydrogen (secondary N) is 3. The molecule has 7 nitrogen and oxygen atoms in total. The molecular formula is C20H23N3O4. The zero-order valence-electron chi connectivity index (χ0n) is 15.3. The van der Waals surface area contributed by atoms with Crippen LogP contribution in [0.1, 0.15) is 37.0 Å². The molecule has 1 unspecified atom stereocenters. The number of benzene rings is 2. The molecule has 3 amide bonds. The summed E-state index contributed by atoms with van der Waals surface area (Å²) < 4.78 is 5.48. The summed E-state index contributed by atoms with van der Waals surface area (Å²) >= 11 is 0. The van der Waals surface area contributed by atoms with E-state index in [1.807, 2.05) is 13.0 Å². The summed E-state index contributed by atoms with van der Waals surface area (Å²) in [6, 6.07) is 15.3. The Balaban J connectivity index is 1.82. The van der Waals surface area contributed by atoms with Crippen molar-refractivity contribution in [2.75, 3.05) is 5.32 Å². The van der Waals surface area contributed by atoms with E-state index < -0.39 is 17.9 Å². The van der Waals surface area contributed by atoms with Crippen LogP contribution in [0.4, 0.5) is 5.69 Å². The maximum atomic E-state index is 12.1. The van der Waals surface area contributed by atoms with Crippen LogP contribution < -0.4 is 20.9 Å². The molecule has 3 N–H and O–H groups in total. The summed E-state index contributed by atoms with van der Waals surface area (Å²) in [6.07, 6.45) is 0.430. The lowest BCUT2D eigenvalue weighted by molar-refractivity contribution is -0.128. The third kappa shape index (κ3) is 6.47. The van der Waals surface area contributed by atoms with Crippen molar-refractivity contribution in [3.63, 3.8) is 0 Å². The van der Waals surface area contributed by atoms with Crippen molar-refractivity contribution in [1.29, 1.82) is 0 Å². The first-order chi connectivity index (χ1) is 13.0. The van der Waals surface area contributed by atoms with Gasteiger partial charge in [0.05, 0.1) is 0 Å². The summed E-state index contributed by atoms with van der Waals surface area (Å²) in [6.45, 7) is 3.51. The second kappa shape index (κ2) is 9.96. The number of hydrogen-bond acceptors (Lipinski definition) is 4. The number of ether oxygens (including phenoxy) is 1. The van der Waals surface area contributed by atoms with Gasteiger partial charge in [0.15, 0.2) is 6.10 Å². The van der Waals surface area contributed by atoms with E-state index in [0.29, 0.717) is 23.4 Å². The second-order valence-electron chi connectivity index (χ2n) is 5.89. The average Bonchev–Trinajstić information content (AvgIpc) is 2.67. The maximum absolute atomic E-state index is 12.1. The van der Waals surface area contributed by atoms with Crippen LogP contribution in [-0.2, 0) is 9.59 Å². The molecule has 7 heteroatoms. The number of carbonyl (C=O) groups excluding carboxylic acids is 3. The van der Waals surface area contributed by atoms with Crippen LogP contribution in [0.5, 0.6) is 5.75 Å². The number of rotatable bonds is 7.